The highest BCUT2D eigenvalue weighted by Crippen LogP contribution is 2.32. The van der Waals surface area contributed by atoms with Crippen molar-refractivity contribution in [2.45, 2.75) is 19.9 Å². The van der Waals surface area contributed by atoms with Crippen molar-refractivity contribution in [1.29, 1.82) is 0 Å². The fourth-order valence-corrected chi connectivity index (χ4v) is 2.94. The lowest BCUT2D eigenvalue weighted by atomic mass is 10.1. The Bertz CT molecular complexity index is 1070. The summed E-state index contributed by atoms with van der Waals surface area (Å²) in [5, 5.41) is 6.61. The van der Waals surface area contributed by atoms with Crippen molar-refractivity contribution < 1.29 is 18.9 Å². The van der Waals surface area contributed by atoms with Gasteiger partial charge < -0.3 is 9.84 Å². The van der Waals surface area contributed by atoms with Crippen LogP contribution >= 0.6 is 0 Å². The summed E-state index contributed by atoms with van der Waals surface area (Å²) < 4.78 is 5.25. The van der Waals surface area contributed by atoms with Crippen molar-refractivity contribution in [3.05, 3.63) is 60.0 Å². The van der Waals surface area contributed by atoms with Gasteiger partial charge in [-0.1, -0.05) is 42.4 Å². The van der Waals surface area contributed by atoms with E-state index in [0.717, 1.165) is 5.56 Å². The zero-order valence-electron chi connectivity index (χ0n) is 15.0. The number of anilines is 2. The highest BCUT2D eigenvalue weighted by atomic mass is 16.5. The molecule has 0 radical (unpaired) electrons. The number of rotatable bonds is 5. The van der Waals surface area contributed by atoms with Crippen LogP contribution < -0.4 is 10.2 Å². The van der Waals surface area contributed by atoms with Crippen LogP contribution in [0.25, 0.3) is 11.4 Å². The van der Waals surface area contributed by atoms with Gasteiger partial charge >= 0.3 is 0 Å². The Morgan fingerprint density at radius 2 is 1.93 bits per heavy atom. The molecular weight excluding hydrogens is 360 g/mol. The summed E-state index contributed by atoms with van der Waals surface area (Å²) in [5.41, 5.74) is 1.95. The fraction of sp³-hybridized carbons (Fsp3) is 0.150. The molecule has 4 rings (SSSR count). The molecule has 0 fully saturated rings. The second-order valence-corrected chi connectivity index (χ2v) is 6.23. The Hall–Kier alpha value is -3.81. The van der Waals surface area contributed by atoms with E-state index in [1.54, 1.807) is 19.1 Å². The molecule has 8 nitrogen and oxygen atoms in total. The average molecular weight is 376 g/mol. The van der Waals surface area contributed by atoms with Gasteiger partial charge in [-0.2, -0.15) is 4.98 Å². The highest BCUT2D eigenvalue weighted by Gasteiger charge is 2.37. The minimum Gasteiger partial charge on any atom is -0.337 e. The van der Waals surface area contributed by atoms with E-state index in [1.165, 1.54) is 11.0 Å². The minimum atomic E-state index is -0.673. The summed E-state index contributed by atoms with van der Waals surface area (Å²) in [6.07, 6.45) is 0.316. The number of hydrogen-bond acceptors (Lipinski definition) is 6. The minimum absolute atomic E-state index is 0.0158. The molecule has 1 aliphatic rings. The Balaban J connectivity index is 1.59. The van der Waals surface area contributed by atoms with Gasteiger partial charge in [-0.25, -0.2) is 0 Å². The number of nitrogens with one attached hydrogen (secondary N) is 1. The molecule has 2 amide bonds. The van der Waals surface area contributed by atoms with Crippen LogP contribution in [0.4, 0.5) is 11.4 Å². The standard InChI is InChI=1S/C20H16N4O4/c1-2-16(25)21-13-8-9-15-14(10-13)18(26)20(27)24(15)11-17-22-19(23-28-17)12-6-4-3-5-7-12/h3-10H,2,11H2,1H3,(H,21,25). The molecule has 3 aromatic rings. The molecule has 8 heteroatoms. The number of amides is 2. The van der Waals surface area contributed by atoms with Gasteiger partial charge in [0.05, 0.1) is 11.3 Å². The van der Waals surface area contributed by atoms with E-state index in [0.29, 0.717) is 23.6 Å². The van der Waals surface area contributed by atoms with E-state index in [-0.39, 0.29) is 23.9 Å². The quantitative estimate of drug-likeness (QED) is 0.687. The zero-order chi connectivity index (χ0) is 19.7. The number of benzene rings is 2. The average Bonchev–Trinajstić information content (AvgIpc) is 3.28. The molecule has 1 N–H and O–H groups in total. The number of nitrogens with zero attached hydrogens (tertiary/aromatic N) is 3. The van der Waals surface area contributed by atoms with E-state index in [4.69, 9.17) is 4.52 Å². The van der Waals surface area contributed by atoms with Gasteiger partial charge in [0.2, 0.25) is 17.6 Å². The second kappa shape index (κ2) is 7.07. The number of fused-ring (bicyclic) bond motifs is 1. The van der Waals surface area contributed by atoms with E-state index in [1.807, 2.05) is 30.3 Å². The van der Waals surface area contributed by atoms with Crippen LogP contribution in [0, 0.1) is 0 Å². The Morgan fingerprint density at radius 1 is 1.14 bits per heavy atom. The van der Waals surface area contributed by atoms with Crippen LogP contribution in [0.1, 0.15) is 29.6 Å². The molecule has 0 saturated carbocycles. The first-order valence-corrected chi connectivity index (χ1v) is 8.75. The lowest BCUT2D eigenvalue weighted by Crippen LogP contribution is -2.29. The summed E-state index contributed by atoms with van der Waals surface area (Å²) in [4.78, 5) is 41.9. The van der Waals surface area contributed by atoms with E-state index < -0.39 is 11.7 Å². The van der Waals surface area contributed by atoms with Crippen LogP contribution in [0.3, 0.4) is 0 Å². The molecule has 0 bridgehead atoms. The van der Waals surface area contributed by atoms with Crippen molar-refractivity contribution in [3.63, 3.8) is 0 Å². The van der Waals surface area contributed by atoms with Crippen LogP contribution in [0.15, 0.2) is 53.1 Å². The summed E-state index contributed by atoms with van der Waals surface area (Å²) >= 11 is 0. The smallest absolute Gasteiger partial charge is 0.299 e. The van der Waals surface area contributed by atoms with Gasteiger partial charge in [-0.3, -0.25) is 19.3 Å². The first-order chi connectivity index (χ1) is 13.6. The molecule has 0 aliphatic carbocycles. The van der Waals surface area contributed by atoms with Crippen molar-refractivity contribution >= 4 is 29.0 Å². The molecule has 28 heavy (non-hydrogen) atoms. The summed E-state index contributed by atoms with van der Waals surface area (Å²) in [7, 11) is 0. The largest absolute Gasteiger partial charge is 0.337 e. The number of carbonyl (C=O) groups excluding carboxylic acids is 3. The van der Waals surface area contributed by atoms with E-state index >= 15 is 0 Å². The Kier molecular flexibility index (Phi) is 4.44. The number of carbonyl (C=O) groups is 3. The molecule has 0 saturated heterocycles. The SMILES string of the molecule is CCC(=O)Nc1ccc2c(c1)C(=O)C(=O)N2Cc1nc(-c2ccccc2)no1. The highest BCUT2D eigenvalue weighted by molar-refractivity contribution is 6.52. The van der Waals surface area contributed by atoms with Crippen molar-refractivity contribution in [2.75, 3.05) is 10.2 Å². The number of Topliss-reactive ketones (excluding diaryl/α,β-unsaturated/α-hetero) is 1. The predicted octanol–water partition coefficient (Wildman–Crippen LogP) is 2.81. The molecule has 140 valence electrons. The normalized spacial score (nSPS) is 13.0. The molecule has 2 heterocycles. The molecule has 0 spiro atoms. The summed E-state index contributed by atoms with van der Waals surface area (Å²) in [6.45, 7) is 1.71. The molecule has 0 atom stereocenters. The van der Waals surface area contributed by atoms with Gasteiger partial charge in [0.1, 0.15) is 6.54 Å². The molecule has 1 aliphatic heterocycles. The van der Waals surface area contributed by atoms with Gasteiger partial charge in [0.25, 0.3) is 11.7 Å². The van der Waals surface area contributed by atoms with Gasteiger partial charge in [-0.05, 0) is 18.2 Å². The summed E-state index contributed by atoms with van der Waals surface area (Å²) in [5.74, 6) is -0.852. The van der Waals surface area contributed by atoms with Gasteiger partial charge in [0, 0.05) is 17.7 Å². The van der Waals surface area contributed by atoms with Crippen LogP contribution in [0.2, 0.25) is 0 Å². The molecule has 0 unspecified atom stereocenters. The lowest BCUT2D eigenvalue weighted by Gasteiger charge is -2.14. The Labute approximate surface area is 160 Å². The van der Waals surface area contributed by atoms with Crippen molar-refractivity contribution in [2.24, 2.45) is 0 Å². The topological polar surface area (TPSA) is 105 Å². The van der Waals surface area contributed by atoms with Gasteiger partial charge in [-0.15, -0.1) is 0 Å². The van der Waals surface area contributed by atoms with Gasteiger partial charge in [0.15, 0.2) is 0 Å². The third-order valence-electron chi connectivity index (χ3n) is 4.37. The number of aromatic nitrogens is 2. The van der Waals surface area contributed by atoms with E-state index in [9.17, 15) is 14.4 Å². The number of ketones is 1. The molecular formula is C20H16N4O4. The maximum absolute atomic E-state index is 12.4. The third-order valence-corrected chi connectivity index (χ3v) is 4.37. The lowest BCUT2D eigenvalue weighted by molar-refractivity contribution is -0.116. The molecule has 2 aromatic carbocycles. The fourth-order valence-electron chi connectivity index (χ4n) is 2.94. The Morgan fingerprint density at radius 3 is 2.68 bits per heavy atom. The first kappa shape index (κ1) is 17.6. The first-order valence-electron chi connectivity index (χ1n) is 8.75. The number of hydrogen-bond donors (Lipinski definition) is 1. The van der Waals surface area contributed by atoms with Crippen molar-refractivity contribution in [1.82, 2.24) is 10.1 Å². The van der Waals surface area contributed by atoms with Crippen molar-refractivity contribution in [3.8, 4) is 11.4 Å². The van der Waals surface area contributed by atoms with Crippen LogP contribution in [-0.2, 0) is 16.1 Å². The second-order valence-electron chi connectivity index (χ2n) is 6.23. The zero-order valence-corrected chi connectivity index (χ0v) is 15.0. The molecule has 1 aromatic heterocycles. The third kappa shape index (κ3) is 3.16. The van der Waals surface area contributed by atoms with E-state index in [2.05, 4.69) is 15.5 Å². The monoisotopic (exact) mass is 376 g/mol. The predicted molar refractivity (Wildman–Crippen MR) is 101 cm³/mol. The summed E-state index contributed by atoms with van der Waals surface area (Å²) in [6, 6.07) is 14.1. The van der Waals surface area contributed by atoms with Crippen LogP contribution in [-0.4, -0.2) is 27.7 Å². The maximum Gasteiger partial charge on any atom is 0.299 e. The van der Waals surface area contributed by atoms with Crippen LogP contribution in [0.5, 0.6) is 0 Å². The maximum atomic E-state index is 12.4.